The van der Waals surface area contributed by atoms with E-state index in [0.29, 0.717) is 62.2 Å². The van der Waals surface area contributed by atoms with Crippen molar-refractivity contribution in [3.8, 4) is 0 Å². The molecule has 0 spiro atoms. The summed E-state index contributed by atoms with van der Waals surface area (Å²) >= 11 is 7.59. The first-order valence-corrected chi connectivity index (χ1v) is 19.1. The van der Waals surface area contributed by atoms with Crippen molar-refractivity contribution in [2.24, 2.45) is 17.4 Å². The topological polar surface area (TPSA) is 143 Å². The summed E-state index contributed by atoms with van der Waals surface area (Å²) in [6, 6.07) is 11.6. The Labute approximate surface area is 317 Å². The monoisotopic (exact) mass is 770 g/mol. The van der Waals surface area contributed by atoms with Crippen LogP contribution in [0, 0.1) is 5.92 Å². The maximum atomic E-state index is 14.6. The minimum Gasteiger partial charge on any atom is -0.350 e. The number of pyridine rings is 1. The third-order valence-electron chi connectivity index (χ3n) is 9.90. The van der Waals surface area contributed by atoms with Crippen LogP contribution in [-0.2, 0) is 40.1 Å². The molecule has 1 aliphatic heterocycles. The molecule has 1 aromatic heterocycles. The molecule has 2 aliphatic rings. The number of ketones is 1. The van der Waals surface area contributed by atoms with E-state index >= 15 is 0 Å². The number of halogens is 4. The molecule has 5 rings (SSSR count). The molecular formula is C39H46ClF3N6O3S. The largest absolute Gasteiger partial charge is 0.416 e. The summed E-state index contributed by atoms with van der Waals surface area (Å²) in [5.41, 5.74) is 14.0. The third kappa shape index (κ3) is 10.1. The molecular weight excluding hydrogens is 725 g/mol. The number of hydrogen-bond acceptors (Lipinski definition) is 8. The quantitative estimate of drug-likeness (QED) is 0.186. The zero-order valence-electron chi connectivity index (χ0n) is 29.7. The highest BCUT2D eigenvalue weighted by Crippen LogP contribution is 2.43. The maximum Gasteiger partial charge on any atom is 0.416 e. The van der Waals surface area contributed by atoms with E-state index < -0.39 is 48.1 Å². The molecule has 0 saturated carbocycles. The van der Waals surface area contributed by atoms with Gasteiger partial charge in [-0.05, 0) is 91.2 Å². The molecule has 0 fully saturated rings. The smallest absolute Gasteiger partial charge is 0.350 e. The minimum absolute atomic E-state index is 0.0580. The van der Waals surface area contributed by atoms with Crippen molar-refractivity contribution >= 4 is 46.5 Å². The number of carbonyl (C=O) groups is 3. The summed E-state index contributed by atoms with van der Waals surface area (Å²) in [5, 5.41) is 6.52. The van der Waals surface area contributed by atoms with Gasteiger partial charge in [0.25, 0.3) is 0 Å². The molecule has 3 atom stereocenters. The van der Waals surface area contributed by atoms with Crippen LogP contribution in [0.15, 0.2) is 70.7 Å². The SMILES string of the molecule is CN1C(=O)[C@H](CCCCN)CC(=O)[C@H](CCCN)NCc2cccnc2Sc2c(Cl)ccc(C(F)(F)F)c2CNC(=O)[C@@H]1CC1=CCc2ccccc21. The number of likely N-dealkylation sites (N-methyl/N-ethyl adjacent to an activating group) is 1. The summed E-state index contributed by atoms with van der Waals surface area (Å²) < 4.78 is 43.7. The number of fused-ring (bicyclic) bond motifs is 3. The molecule has 2 heterocycles. The maximum absolute atomic E-state index is 14.6. The lowest BCUT2D eigenvalue weighted by Gasteiger charge is -2.32. The van der Waals surface area contributed by atoms with Crippen LogP contribution in [0.2, 0.25) is 5.02 Å². The van der Waals surface area contributed by atoms with E-state index in [4.69, 9.17) is 23.1 Å². The van der Waals surface area contributed by atoms with Gasteiger partial charge in [-0.2, -0.15) is 13.2 Å². The van der Waals surface area contributed by atoms with Crippen molar-refractivity contribution in [2.45, 2.75) is 92.6 Å². The van der Waals surface area contributed by atoms with Gasteiger partial charge in [-0.25, -0.2) is 4.98 Å². The van der Waals surface area contributed by atoms with Crippen molar-refractivity contribution < 1.29 is 27.6 Å². The van der Waals surface area contributed by atoms with Crippen molar-refractivity contribution in [1.82, 2.24) is 20.5 Å². The second kappa shape index (κ2) is 18.5. The van der Waals surface area contributed by atoms with E-state index in [1.54, 1.807) is 12.1 Å². The molecule has 1 aliphatic carbocycles. The molecule has 14 heteroatoms. The van der Waals surface area contributed by atoms with Gasteiger partial charge in [0.15, 0.2) is 5.78 Å². The lowest BCUT2D eigenvalue weighted by atomic mass is 9.90. The standard InChI is InChI=1S/C39H46ClF3N6O3S/c1-49-33(20-25-14-13-24-8-2-3-11-28(24)25)36(51)48-23-29-30(39(41,42)43)15-16-31(40)35(29)53-37-27(10-7-19-46-37)22-47-32(12-6-18-45)34(50)21-26(38(49)52)9-4-5-17-44/h2-3,7-8,10-11,14-16,19,26,32-33,47H,4-6,9,12-13,17-18,20-23,44-45H2,1H3,(H,48,51)/t26-,32+,33+/m1/s1. The highest BCUT2D eigenvalue weighted by atomic mass is 35.5. The molecule has 9 nitrogen and oxygen atoms in total. The molecule has 0 radical (unpaired) electrons. The second-order valence-electron chi connectivity index (χ2n) is 13.5. The lowest BCUT2D eigenvalue weighted by Crippen LogP contribution is -2.50. The number of carbonyl (C=O) groups excluding carboxylic acids is 3. The first-order chi connectivity index (χ1) is 25.4. The number of nitrogens with two attached hydrogens (primary N) is 2. The van der Waals surface area contributed by atoms with Crippen LogP contribution in [-0.4, -0.2) is 59.7 Å². The Bertz CT molecular complexity index is 1820. The number of rotatable bonds is 9. The third-order valence-corrected chi connectivity index (χ3v) is 11.6. The Kier molecular flexibility index (Phi) is 14.1. The van der Waals surface area contributed by atoms with Crippen molar-refractivity contribution in [1.29, 1.82) is 0 Å². The summed E-state index contributed by atoms with van der Waals surface area (Å²) in [5.74, 6) is -1.95. The Balaban J connectivity index is 1.61. The van der Waals surface area contributed by atoms with Crippen molar-refractivity contribution in [3.05, 3.63) is 93.6 Å². The van der Waals surface area contributed by atoms with Gasteiger partial charge in [-0.15, -0.1) is 0 Å². The number of unbranched alkanes of at least 4 members (excludes halogenated alkanes) is 1. The molecule has 0 saturated heterocycles. The minimum atomic E-state index is -4.76. The van der Waals surface area contributed by atoms with E-state index in [2.05, 4.69) is 15.6 Å². The first-order valence-electron chi connectivity index (χ1n) is 17.9. The van der Waals surface area contributed by atoms with Gasteiger partial charge in [0.2, 0.25) is 11.8 Å². The molecule has 0 unspecified atom stereocenters. The van der Waals surface area contributed by atoms with Crippen LogP contribution < -0.4 is 22.1 Å². The van der Waals surface area contributed by atoms with Gasteiger partial charge < -0.3 is 27.0 Å². The summed E-state index contributed by atoms with van der Waals surface area (Å²) in [6.45, 7) is 0.434. The van der Waals surface area contributed by atoms with Gasteiger partial charge in [0.1, 0.15) is 11.1 Å². The number of allylic oxidation sites excluding steroid dienone is 1. The fraction of sp³-hybridized carbons (Fsp3) is 0.436. The van der Waals surface area contributed by atoms with Gasteiger partial charge in [-0.3, -0.25) is 14.4 Å². The number of nitrogens with zero attached hydrogens (tertiary/aromatic N) is 2. The fourth-order valence-corrected chi connectivity index (χ4v) is 8.30. The van der Waals surface area contributed by atoms with Crippen molar-refractivity contribution in [3.63, 3.8) is 0 Å². The second-order valence-corrected chi connectivity index (χ2v) is 14.9. The Morgan fingerprint density at radius 2 is 1.72 bits per heavy atom. The van der Waals surface area contributed by atoms with Crippen LogP contribution in [0.25, 0.3) is 5.57 Å². The molecule has 2 aromatic carbocycles. The predicted octanol–water partition coefficient (Wildman–Crippen LogP) is 6.29. The fourth-order valence-electron chi connectivity index (χ4n) is 6.96. The molecule has 3 aromatic rings. The van der Waals surface area contributed by atoms with Crippen LogP contribution >= 0.6 is 23.4 Å². The Morgan fingerprint density at radius 1 is 0.962 bits per heavy atom. The highest BCUT2D eigenvalue weighted by molar-refractivity contribution is 7.99. The number of hydrogen-bond donors (Lipinski definition) is 4. The van der Waals surface area contributed by atoms with E-state index in [9.17, 15) is 27.6 Å². The predicted molar refractivity (Wildman–Crippen MR) is 201 cm³/mol. The Hall–Kier alpha value is -3.75. The normalized spacial score (nSPS) is 20.3. The first kappa shape index (κ1) is 40.4. The van der Waals surface area contributed by atoms with Gasteiger partial charge in [-0.1, -0.05) is 66.2 Å². The van der Waals surface area contributed by atoms with Crippen LogP contribution in [0.5, 0.6) is 0 Å². The number of amides is 2. The van der Waals surface area contributed by atoms with Gasteiger partial charge in [0.05, 0.1) is 16.6 Å². The summed E-state index contributed by atoms with van der Waals surface area (Å²) in [4.78, 5) is 48.7. The van der Waals surface area contributed by atoms with Gasteiger partial charge in [0, 0.05) is 50.0 Å². The van der Waals surface area contributed by atoms with Crippen LogP contribution in [0.1, 0.15) is 72.8 Å². The lowest BCUT2D eigenvalue weighted by molar-refractivity contribution is -0.143. The van der Waals surface area contributed by atoms with E-state index in [1.165, 1.54) is 24.2 Å². The summed E-state index contributed by atoms with van der Waals surface area (Å²) in [7, 11) is 1.52. The average Bonchev–Trinajstić information content (AvgIpc) is 3.55. The summed E-state index contributed by atoms with van der Waals surface area (Å²) in [6.07, 6.45) is 2.06. The number of alkyl halides is 3. The number of nitrogens with one attached hydrogen (secondary N) is 2. The number of Topliss-reactive ketones (excluding diaryl/α,β-unsaturated/α-hetero) is 1. The number of benzene rings is 2. The van der Waals surface area contributed by atoms with E-state index in [0.717, 1.165) is 34.5 Å². The average molecular weight is 771 g/mol. The van der Waals surface area contributed by atoms with Crippen molar-refractivity contribution in [2.75, 3.05) is 20.1 Å². The van der Waals surface area contributed by atoms with Crippen LogP contribution in [0.3, 0.4) is 0 Å². The molecule has 0 bridgehead atoms. The number of aromatic nitrogens is 1. The zero-order valence-corrected chi connectivity index (χ0v) is 31.3. The molecule has 53 heavy (non-hydrogen) atoms. The Morgan fingerprint density at radius 3 is 2.47 bits per heavy atom. The van der Waals surface area contributed by atoms with Crippen LogP contribution in [0.4, 0.5) is 13.2 Å². The van der Waals surface area contributed by atoms with E-state index in [1.807, 2.05) is 30.3 Å². The molecule has 6 N–H and O–H groups in total. The van der Waals surface area contributed by atoms with Gasteiger partial charge >= 0.3 is 6.18 Å². The molecule has 284 valence electrons. The van der Waals surface area contributed by atoms with E-state index in [-0.39, 0.29) is 40.7 Å². The highest BCUT2D eigenvalue weighted by Gasteiger charge is 2.38. The molecule has 2 amide bonds. The zero-order chi connectivity index (χ0) is 38.1.